The van der Waals surface area contributed by atoms with E-state index in [9.17, 15) is 24.2 Å². The van der Waals surface area contributed by atoms with E-state index in [0.717, 1.165) is 77.0 Å². The van der Waals surface area contributed by atoms with E-state index in [1.165, 1.54) is 51.4 Å². The van der Waals surface area contributed by atoms with Crippen molar-refractivity contribution in [3.63, 3.8) is 0 Å². The zero-order valence-electron chi connectivity index (χ0n) is 33.2. The number of likely N-dealkylation sites (N-methyl/N-ethyl adjacent to an activating group) is 1. The van der Waals surface area contributed by atoms with Crippen LogP contribution in [0.25, 0.3) is 0 Å². The molecule has 0 aliphatic rings. The monoisotopic (exact) mass is 746 g/mol. The molecule has 0 aromatic heterocycles. The molecule has 0 fully saturated rings. The van der Waals surface area contributed by atoms with Crippen molar-refractivity contribution in [1.82, 2.24) is 0 Å². The number of allylic oxidation sites excluding steroid dienone is 3. The maximum atomic E-state index is 12.6. The summed E-state index contributed by atoms with van der Waals surface area (Å²) < 4.78 is 33.7. The SMILES string of the molecule is CCCCCCCCCCCCCC(=O)OCC(COP(=O)([O-])OCC[N+](C)(C)C)OC(=O)CCCCCCC/C=C\C=C\C(O)CCCCC. The number of hydrogen-bond donors (Lipinski definition) is 1. The Morgan fingerprint density at radius 3 is 1.82 bits per heavy atom. The number of nitrogens with zero attached hydrogens (tertiary/aromatic N) is 1. The number of carbonyl (C=O) groups is 2. The van der Waals surface area contributed by atoms with Crippen molar-refractivity contribution in [3.05, 3.63) is 24.3 Å². The van der Waals surface area contributed by atoms with Gasteiger partial charge in [0, 0.05) is 12.8 Å². The minimum atomic E-state index is -4.63. The molecule has 0 aromatic rings. The maximum Gasteiger partial charge on any atom is 0.306 e. The van der Waals surface area contributed by atoms with E-state index in [-0.39, 0.29) is 32.2 Å². The zero-order valence-corrected chi connectivity index (χ0v) is 34.1. The molecule has 300 valence electrons. The lowest BCUT2D eigenvalue weighted by Crippen LogP contribution is -2.37. The third kappa shape index (κ3) is 36.6. The van der Waals surface area contributed by atoms with Gasteiger partial charge in [0.05, 0.1) is 33.9 Å². The summed E-state index contributed by atoms with van der Waals surface area (Å²) in [5, 5.41) is 9.92. The van der Waals surface area contributed by atoms with Crippen LogP contribution in [0.1, 0.15) is 162 Å². The molecule has 11 heteroatoms. The fourth-order valence-electron chi connectivity index (χ4n) is 5.32. The van der Waals surface area contributed by atoms with E-state index >= 15 is 0 Å². The van der Waals surface area contributed by atoms with Crippen molar-refractivity contribution < 1.29 is 47.2 Å². The lowest BCUT2D eigenvalue weighted by atomic mass is 10.1. The minimum absolute atomic E-state index is 0.0423. The number of phosphoric acid groups is 1. The Hall–Kier alpha value is -1.55. The molecule has 0 aliphatic heterocycles. The van der Waals surface area contributed by atoms with E-state index in [1.54, 1.807) is 0 Å². The summed E-state index contributed by atoms with van der Waals surface area (Å²) in [4.78, 5) is 37.3. The van der Waals surface area contributed by atoms with Crippen molar-refractivity contribution in [2.75, 3.05) is 47.5 Å². The molecule has 0 heterocycles. The number of esters is 2. The summed E-state index contributed by atoms with van der Waals surface area (Å²) in [7, 11) is 1.12. The van der Waals surface area contributed by atoms with Crippen molar-refractivity contribution in [3.8, 4) is 0 Å². The number of aliphatic hydroxyl groups excluding tert-OH is 1. The highest BCUT2D eigenvalue weighted by atomic mass is 31.2. The molecule has 1 N–H and O–H groups in total. The number of ether oxygens (including phenoxy) is 2. The van der Waals surface area contributed by atoms with Crippen molar-refractivity contribution in [2.24, 2.45) is 0 Å². The third-order valence-corrected chi connectivity index (χ3v) is 9.54. The molecule has 3 unspecified atom stereocenters. The van der Waals surface area contributed by atoms with Crippen LogP contribution in [-0.2, 0) is 32.7 Å². The normalized spacial score (nSPS) is 14.6. The molecule has 0 saturated heterocycles. The maximum absolute atomic E-state index is 12.6. The van der Waals surface area contributed by atoms with Gasteiger partial charge >= 0.3 is 11.9 Å². The molecule has 0 aromatic carbocycles. The Balaban J connectivity index is 4.48. The average Bonchev–Trinajstić information content (AvgIpc) is 3.06. The largest absolute Gasteiger partial charge is 0.756 e. The molecule has 0 saturated carbocycles. The number of phosphoric ester groups is 1. The summed E-state index contributed by atoms with van der Waals surface area (Å²) in [6.45, 7) is 4.04. The topological polar surface area (TPSA) is 131 Å². The van der Waals surface area contributed by atoms with Gasteiger partial charge in [0.2, 0.25) is 0 Å². The van der Waals surface area contributed by atoms with Gasteiger partial charge in [0.1, 0.15) is 19.8 Å². The standard InChI is InChI=1S/C40H76NO9P/c1-6-8-10-11-12-13-14-17-20-23-27-31-39(43)47-35-38(36-49-51(45,46)48-34-33-41(3,4)5)50-40(44)32-28-24-21-18-15-16-19-22-26-30-37(42)29-25-9-7-2/h19,22,26,30,37-38,42H,6-18,20-21,23-25,27-29,31-36H2,1-5H3/b22-19-,30-26+. The first-order valence-corrected chi connectivity index (χ1v) is 21.6. The first-order chi connectivity index (χ1) is 24.4. The smallest absolute Gasteiger partial charge is 0.306 e. The molecule has 0 aliphatic carbocycles. The second-order valence-corrected chi connectivity index (χ2v) is 16.3. The van der Waals surface area contributed by atoms with Gasteiger partial charge in [-0.3, -0.25) is 14.2 Å². The van der Waals surface area contributed by atoms with Crippen molar-refractivity contribution in [1.29, 1.82) is 0 Å². The molecular weight excluding hydrogens is 669 g/mol. The van der Waals surface area contributed by atoms with Crippen LogP contribution in [0.3, 0.4) is 0 Å². The Bertz CT molecular complexity index is 951. The van der Waals surface area contributed by atoms with E-state index in [4.69, 9.17) is 18.5 Å². The second-order valence-electron chi connectivity index (χ2n) is 14.9. The van der Waals surface area contributed by atoms with Crippen LogP contribution >= 0.6 is 7.82 Å². The number of carbonyl (C=O) groups excluding carboxylic acids is 2. The number of rotatable bonds is 36. The van der Waals surface area contributed by atoms with Gasteiger partial charge in [-0.25, -0.2) is 0 Å². The molecule has 0 radical (unpaired) electrons. The minimum Gasteiger partial charge on any atom is -0.756 e. The van der Waals surface area contributed by atoms with Gasteiger partial charge in [-0.15, -0.1) is 0 Å². The number of aliphatic hydroxyl groups is 1. The van der Waals surface area contributed by atoms with E-state index < -0.39 is 32.5 Å². The highest BCUT2D eigenvalue weighted by molar-refractivity contribution is 7.45. The van der Waals surface area contributed by atoms with Crippen molar-refractivity contribution >= 4 is 19.8 Å². The number of hydrogen-bond acceptors (Lipinski definition) is 9. The quantitative estimate of drug-likeness (QED) is 0.0219. The van der Waals surface area contributed by atoms with Gasteiger partial charge in [0.25, 0.3) is 7.82 Å². The lowest BCUT2D eigenvalue weighted by Gasteiger charge is -2.28. The molecule has 0 bridgehead atoms. The fraction of sp³-hybridized carbons (Fsp3) is 0.850. The molecule has 0 rings (SSSR count). The van der Waals surface area contributed by atoms with Crippen LogP contribution in [0.4, 0.5) is 0 Å². The van der Waals surface area contributed by atoms with E-state index in [1.807, 2.05) is 39.4 Å². The van der Waals surface area contributed by atoms with Gasteiger partial charge in [-0.1, -0.05) is 141 Å². The van der Waals surface area contributed by atoms with Crippen molar-refractivity contribution in [2.45, 2.75) is 174 Å². The van der Waals surface area contributed by atoms with Crippen LogP contribution in [0.15, 0.2) is 24.3 Å². The van der Waals surface area contributed by atoms with Crippen LogP contribution in [0.2, 0.25) is 0 Å². The fourth-order valence-corrected chi connectivity index (χ4v) is 6.05. The van der Waals surface area contributed by atoms with Crippen LogP contribution in [0, 0.1) is 0 Å². The van der Waals surface area contributed by atoms with Gasteiger partial charge in [0.15, 0.2) is 6.10 Å². The average molecular weight is 746 g/mol. The molecule has 0 amide bonds. The van der Waals surface area contributed by atoms with E-state index in [0.29, 0.717) is 17.4 Å². The summed E-state index contributed by atoms with van der Waals surface area (Å²) >= 11 is 0. The molecular formula is C40H76NO9P. The number of quaternary nitrogens is 1. The van der Waals surface area contributed by atoms with Crippen LogP contribution < -0.4 is 4.89 Å². The van der Waals surface area contributed by atoms with Gasteiger partial charge in [-0.2, -0.15) is 0 Å². The second kappa shape index (κ2) is 33.1. The summed E-state index contributed by atoms with van der Waals surface area (Å²) in [5.41, 5.74) is 0. The lowest BCUT2D eigenvalue weighted by molar-refractivity contribution is -0.870. The van der Waals surface area contributed by atoms with Gasteiger partial charge in [-0.05, 0) is 32.1 Å². The zero-order chi connectivity index (χ0) is 38.1. The molecule has 51 heavy (non-hydrogen) atoms. The predicted molar refractivity (Wildman–Crippen MR) is 205 cm³/mol. The summed E-state index contributed by atoms with van der Waals surface area (Å²) in [5.74, 6) is -0.884. The third-order valence-electron chi connectivity index (χ3n) is 8.58. The first-order valence-electron chi connectivity index (χ1n) is 20.2. The Kier molecular flexibility index (Phi) is 32.0. The Morgan fingerprint density at radius 2 is 1.24 bits per heavy atom. The molecule has 0 spiro atoms. The highest BCUT2D eigenvalue weighted by Crippen LogP contribution is 2.38. The summed E-state index contributed by atoms with van der Waals surface area (Å²) in [6, 6.07) is 0. The summed E-state index contributed by atoms with van der Waals surface area (Å²) in [6.07, 6.45) is 29.5. The van der Waals surface area contributed by atoms with E-state index in [2.05, 4.69) is 19.9 Å². The highest BCUT2D eigenvalue weighted by Gasteiger charge is 2.21. The molecule has 3 atom stereocenters. The predicted octanol–water partition coefficient (Wildman–Crippen LogP) is 9.13. The van der Waals surface area contributed by atoms with Gasteiger partial charge < -0.3 is 33.0 Å². The molecule has 10 nitrogen and oxygen atoms in total. The van der Waals surface area contributed by atoms with Crippen LogP contribution in [0.5, 0.6) is 0 Å². The number of unbranched alkanes of at least 4 members (excludes halogenated alkanes) is 17. The first kappa shape index (κ1) is 49.5. The van der Waals surface area contributed by atoms with Crippen LogP contribution in [-0.4, -0.2) is 81.2 Å². The Morgan fingerprint density at radius 1 is 0.706 bits per heavy atom. The Labute approximate surface area is 311 Å².